The van der Waals surface area contributed by atoms with Crippen molar-refractivity contribution in [1.82, 2.24) is 0 Å². The molecule has 2 unspecified atom stereocenters. The number of rotatable bonds is 4. The van der Waals surface area contributed by atoms with Crippen molar-refractivity contribution in [1.29, 1.82) is 0 Å². The summed E-state index contributed by atoms with van der Waals surface area (Å²) in [7, 11) is 0. The Bertz CT molecular complexity index is 624. The highest BCUT2D eigenvalue weighted by Crippen LogP contribution is 2.64. The Morgan fingerprint density at radius 2 is 1.83 bits per heavy atom. The molecular formula is C21H28ClNO. The Balaban J connectivity index is 1.50. The molecule has 1 aromatic carbocycles. The van der Waals surface area contributed by atoms with E-state index in [1.54, 1.807) is 0 Å². The van der Waals surface area contributed by atoms with E-state index in [1.165, 1.54) is 12.0 Å². The Labute approximate surface area is 150 Å². The standard InChI is InChI=1S/C21H28ClNO/c1-3-14(2)17-4-6-18(7-5-17)23-19(24)20-9-15-8-16(10-20)12-21(22,11-15)13-20/h4-7,14-16H,3,8-13H2,1-2H3,(H,23,24)/t14-,15-,16+,20?,21?/m0/s1. The van der Waals surface area contributed by atoms with Gasteiger partial charge in [0.25, 0.3) is 0 Å². The van der Waals surface area contributed by atoms with Gasteiger partial charge in [0, 0.05) is 10.6 Å². The summed E-state index contributed by atoms with van der Waals surface area (Å²) in [5, 5.41) is 3.20. The van der Waals surface area contributed by atoms with Gasteiger partial charge in [-0.25, -0.2) is 0 Å². The first kappa shape index (κ1) is 16.4. The molecule has 4 saturated carbocycles. The molecule has 1 N–H and O–H groups in total. The zero-order chi connectivity index (χ0) is 16.9. The van der Waals surface area contributed by atoms with Gasteiger partial charge in [0.2, 0.25) is 5.91 Å². The summed E-state index contributed by atoms with van der Waals surface area (Å²) >= 11 is 6.86. The van der Waals surface area contributed by atoms with E-state index in [9.17, 15) is 4.79 Å². The molecule has 0 radical (unpaired) electrons. The smallest absolute Gasteiger partial charge is 0.230 e. The quantitative estimate of drug-likeness (QED) is 0.695. The molecule has 1 amide bonds. The maximum Gasteiger partial charge on any atom is 0.230 e. The number of hydrogen-bond acceptors (Lipinski definition) is 1. The van der Waals surface area contributed by atoms with Crippen LogP contribution in [0.3, 0.4) is 0 Å². The van der Waals surface area contributed by atoms with Crippen molar-refractivity contribution in [3.8, 4) is 0 Å². The summed E-state index contributed by atoms with van der Waals surface area (Å²) in [5.74, 6) is 2.08. The molecule has 0 heterocycles. The first-order valence-electron chi connectivity index (χ1n) is 9.52. The number of carbonyl (C=O) groups excluding carboxylic acids is 1. The predicted molar refractivity (Wildman–Crippen MR) is 99.5 cm³/mol. The van der Waals surface area contributed by atoms with E-state index in [2.05, 4.69) is 43.4 Å². The van der Waals surface area contributed by atoms with E-state index in [-0.39, 0.29) is 16.2 Å². The number of nitrogens with one attached hydrogen (secondary N) is 1. The molecule has 0 aliphatic heterocycles. The number of halogens is 1. The number of hydrogen-bond donors (Lipinski definition) is 1. The average molecular weight is 346 g/mol. The van der Waals surface area contributed by atoms with E-state index in [1.807, 2.05) is 0 Å². The summed E-state index contributed by atoms with van der Waals surface area (Å²) in [6.45, 7) is 4.44. The minimum atomic E-state index is -0.221. The molecule has 4 aliphatic rings. The lowest BCUT2D eigenvalue weighted by atomic mass is 9.49. The van der Waals surface area contributed by atoms with Crippen molar-refractivity contribution in [2.75, 3.05) is 5.32 Å². The van der Waals surface area contributed by atoms with Crippen LogP contribution in [-0.2, 0) is 4.79 Å². The predicted octanol–water partition coefficient (Wildman–Crippen LogP) is 5.72. The SMILES string of the molecule is CC[C@H](C)c1ccc(NC(=O)C23C[C@@H]4C[C@@H](CC(Cl)(C4)C2)C3)cc1. The summed E-state index contributed by atoms with van der Waals surface area (Å²) in [6.07, 6.45) is 7.59. The van der Waals surface area contributed by atoms with Crippen molar-refractivity contribution in [3.05, 3.63) is 29.8 Å². The van der Waals surface area contributed by atoms with Crippen LogP contribution in [0.15, 0.2) is 24.3 Å². The molecule has 2 nitrogen and oxygen atoms in total. The molecule has 0 aromatic heterocycles. The zero-order valence-electron chi connectivity index (χ0n) is 14.8. The Hall–Kier alpha value is -1.02. The molecule has 1 aromatic rings. The van der Waals surface area contributed by atoms with Gasteiger partial charge in [0.05, 0.1) is 5.41 Å². The van der Waals surface area contributed by atoms with Crippen molar-refractivity contribution in [2.45, 2.75) is 69.6 Å². The highest BCUT2D eigenvalue weighted by Gasteiger charge is 2.60. The molecular weight excluding hydrogens is 318 g/mol. The third-order valence-electron chi connectivity index (χ3n) is 6.82. The molecule has 4 fully saturated rings. The molecule has 130 valence electrons. The van der Waals surface area contributed by atoms with Crippen LogP contribution < -0.4 is 5.32 Å². The van der Waals surface area contributed by atoms with Gasteiger partial charge in [-0.1, -0.05) is 26.0 Å². The van der Waals surface area contributed by atoms with E-state index < -0.39 is 0 Å². The fourth-order valence-corrected chi connectivity index (χ4v) is 6.50. The van der Waals surface area contributed by atoms with Gasteiger partial charge >= 0.3 is 0 Å². The van der Waals surface area contributed by atoms with Gasteiger partial charge in [0.15, 0.2) is 0 Å². The van der Waals surface area contributed by atoms with Crippen molar-refractivity contribution >= 4 is 23.2 Å². The van der Waals surface area contributed by atoms with E-state index >= 15 is 0 Å². The third-order valence-corrected chi connectivity index (χ3v) is 7.26. The highest BCUT2D eigenvalue weighted by atomic mass is 35.5. The van der Waals surface area contributed by atoms with Crippen LogP contribution in [-0.4, -0.2) is 10.8 Å². The van der Waals surface area contributed by atoms with Gasteiger partial charge in [-0.05, 0) is 80.4 Å². The molecule has 5 rings (SSSR count). The van der Waals surface area contributed by atoms with Crippen molar-refractivity contribution in [3.63, 3.8) is 0 Å². The van der Waals surface area contributed by atoms with E-state index in [4.69, 9.17) is 11.6 Å². The first-order valence-corrected chi connectivity index (χ1v) is 9.89. The number of carbonyl (C=O) groups is 1. The Morgan fingerprint density at radius 3 is 2.38 bits per heavy atom. The molecule has 4 bridgehead atoms. The minimum Gasteiger partial charge on any atom is -0.326 e. The lowest BCUT2D eigenvalue weighted by molar-refractivity contribution is -0.138. The number of benzene rings is 1. The van der Waals surface area contributed by atoms with Crippen molar-refractivity contribution in [2.24, 2.45) is 17.3 Å². The fourth-order valence-electron chi connectivity index (χ4n) is 5.81. The van der Waals surface area contributed by atoms with Crippen LogP contribution in [0.25, 0.3) is 0 Å². The van der Waals surface area contributed by atoms with Crippen LogP contribution in [0.1, 0.15) is 70.3 Å². The van der Waals surface area contributed by atoms with E-state index in [0.717, 1.165) is 44.2 Å². The highest BCUT2D eigenvalue weighted by molar-refractivity contribution is 6.24. The summed E-state index contributed by atoms with van der Waals surface area (Å²) in [4.78, 5) is 13.0. The Morgan fingerprint density at radius 1 is 1.21 bits per heavy atom. The molecule has 0 saturated heterocycles. The van der Waals surface area contributed by atoms with Gasteiger partial charge in [-0.2, -0.15) is 0 Å². The second-order valence-corrected chi connectivity index (χ2v) is 9.58. The molecule has 4 aliphatic carbocycles. The summed E-state index contributed by atoms with van der Waals surface area (Å²) in [6, 6.07) is 8.39. The second kappa shape index (κ2) is 5.76. The molecule has 3 heteroatoms. The maximum absolute atomic E-state index is 13.1. The molecule has 5 atom stereocenters. The van der Waals surface area contributed by atoms with Crippen LogP contribution >= 0.6 is 11.6 Å². The van der Waals surface area contributed by atoms with Gasteiger partial charge in [-0.15, -0.1) is 11.6 Å². The number of anilines is 1. The molecule has 24 heavy (non-hydrogen) atoms. The summed E-state index contributed by atoms with van der Waals surface area (Å²) in [5.41, 5.74) is 2.04. The third kappa shape index (κ3) is 2.77. The lowest BCUT2D eigenvalue weighted by Gasteiger charge is -2.59. The first-order chi connectivity index (χ1) is 11.4. The van der Waals surface area contributed by atoms with Gasteiger partial charge in [-0.3, -0.25) is 4.79 Å². The van der Waals surface area contributed by atoms with Crippen LogP contribution in [0.2, 0.25) is 0 Å². The normalized spacial score (nSPS) is 38.1. The monoisotopic (exact) mass is 345 g/mol. The van der Waals surface area contributed by atoms with Gasteiger partial charge < -0.3 is 5.32 Å². The summed E-state index contributed by atoms with van der Waals surface area (Å²) < 4.78 is 0. The second-order valence-electron chi connectivity index (χ2n) is 8.78. The lowest BCUT2D eigenvalue weighted by Crippen LogP contribution is -2.57. The largest absolute Gasteiger partial charge is 0.326 e. The van der Waals surface area contributed by atoms with Crippen LogP contribution in [0.5, 0.6) is 0 Å². The topological polar surface area (TPSA) is 29.1 Å². The van der Waals surface area contributed by atoms with Crippen LogP contribution in [0.4, 0.5) is 5.69 Å². The van der Waals surface area contributed by atoms with E-state index in [0.29, 0.717) is 17.8 Å². The molecule has 0 spiro atoms. The fraction of sp³-hybridized carbons (Fsp3) is 0.667. The zero-order valence-corrected chi connectivity index (χ0v) is 15.5. The average Bonchev–Trinajstić information content (AvgIpc) is 2.52. The maximum atomic E-state index is 13.1. The minimum absolute atomic E-state index is 0.109. The van der Waals surface area contributed by atoms with Crippen molar-refractivity contribution < 1.29 is 4.79 Å². The number of alkyl halides is 1. The number of amides is 1. The van der Waals surface area contributed by atoms with Gasteiger partial charge in [0.1, 0.15) is 0 Å². The Kier molecular flexibility index (Phi) is 3.95. The van der Waals surface area contributed by atoms with Crippen LogP contribution in [0, 0.1) is 17.3 Å².